The summed E-state index contributed by atoms with van der Waals surface area (Å²) in [6, 6.07) is 2.60. The monoisotopic (exact) mass is 453 g/mol. The second-order valence-electron chi connectivity index (χ2n) is 9.58. The second-order valence-corrected chi connectivity index (χ2v) is 9.58. The van der Waals surface area contributed by atoms with Gasteiger partial charge in [-0.3, -0.25) is 19.6 Å². The fourth-order valence-corrected chi connectivity index (χ4v) is 6.08. The Balaban J connectivity index is 1.81. The van der Waals surface area contributed by atoms with Gasteiger partial charge in [0.25, 0.3) is 5.91 Å². The Labute approximate surface area is 190 Å². The fraction of sp³-hybridized carbons (Fsp3) is 0.435. The third-order valence-electron chi connectivity index (χ3n) is 7.40. The molecule has 1 amide bonds. The molecule has 0 radical (unpaired) electrons. The molecule has 4 atom stereocenters. The van der Waals surface area contributed by atoms with Crippen molar-refractivity contribution in [3.8, 4) is 17.0 Å². The van der Waals surface area contributed by atoms with E-state index in [2.05, 4.69) is 10.2 Å². The number of likely N-dealkylation sites (N-methyl/N-ethyl adjacent to an activating group) is 1. The van der Waals surface area contributed by atoms with Crippen LogP contribution in [-0.2, 0) is 21.6 Å². The average Bonchev–Trinajstić information content (AvgIpc) is 3.17. The molecule has 174 valence electrons. The quantitative estimate of drug-likeness (QED) is 0.421. The number of phenolic OH excluding ortho intramolecular Hbond substituents is 1. The third kappa shape index (κ3) is 2.58. The first kappa shape index (κ1) is 21.5. The summed E-state index contributed by atoms with van der Waals surface area (Å²) in [4.78, 5) is 28.9. The highest BCUT2D eigenvalue weighted by Gasteiger charge is 2.61. The summed E-state index contributed by atoms with van der Waals surface area (Å²) in [6.45, 7) is 0. The number of aromatic nitrogens is 2. The van der Waals surface area contributed by atoms with Crippen molar-refractivity contribution in [3.63, 3.8) is 0 Å². The molecule has 0 spiro atoms. The smallest absolute Gasteiger partial charge is 0.255 e. The van der Waals surface area contributed by atoms with Gasteiger partial charge in [-0.2, -0.15) is 5.10 Å². The molecule has 3 aliphatic rings. The van der Waals surface area contributed by atoms with E-state index in [4.69, 9.17) is 5.73 Å². The van der Waals surface area contributed by atoms with E-state index < -0.39 is 40.6 Å². The summed E-state index contributed by atoms with van der Waals surface area (Å²) in [5.74, 6) is -3.23. The summed E-state index contributed by atoms with van der Waals surface area (Å²) in [6.07, 6.45) is 0.924. The van der Waals surface area contributed by atoms with Crippen molar-refractivity contribution >= 4 is 17.4 Å². The first-order valence-corrected chi connectivity index (χ1v) is 10.8. The lowest BCUT2D eigenvalue weighted by molar-refractivity contribution is -0.138. The molecule has 0 aliphatic heterocycles. The summed E-state index contributed by atoms with van der Waals surface area (Å²) in [5.41, 5.74) is 6.66. The highest BCUT2D eigenvalue weighted by molar-refractivity contribution is 6.22. The minimum Gasteiger partial charge on any atom is -0.508 e. The molecule has 1 aromatic carbocycles. The highest BCUT2D eigenvalue weighted by Crippen LogP contribution is 2.58. The molecule has 0 saturated carbocycles. The zero-order chi connectivity index (χ0) is 24.0. The number of aliphatic hydroxyl groups excluding tert-OH is 1. The lowest BCUT2D eigenvalue weighted by Gasteiger charge is -2.50. The van der Waals surface area contributed by atoms with Crippen LogP contribution in [-0.4, -0.2) is 76.3 Å². The maximum absolute atomic E-state index is 13.2. The minimum absolute atomic E-state index is 0.0695. The average molecular weight is 453 g/mol. The van der Waals surface area contributed by atoms with Crippen LogP contribution in [0.5, 0.6) is 5.75 Å². The molecule has 33 heavy (non-hydrogen) atoms. The Kier molecular flexibility index (Phi) is 4.44. The molecule has 3 aliphatic carbocycles. The van der Waals surface area contributed by atoms with Crippen molar-refractivity contribution in [2.24, 2.45) is 11.7 Å². The van der Waals surface area contributed by atoms with Gasteiger partial charge in [-0.15, -0.1) is 0 Å². The van der Waals surface area contributed by atoms with Crippen LogP contribution >= 0.6 is 0 Å². The number of amides is 1. The van der Waals surface area contributed by atoms with E-state index in [1.165, 1.54) is 0 Å². The van der Waals surface area contributed by atoms with Crippen LogP contribution in [0.3, 0.4) is 0 Å². The van der Waals surface area contributed by atoms with Crippen LogP contribution in [0.25, 0.3) is 11.3 Å². The second kappa shape index (κ2) is 6.82. The van der Waals surface area contributed by atoms with Crippen LogP contribution in [0, 0.1) is 5.92 Å². The molecule has 2 aromatic rings. The summed E-state index contributed by atoms with van der Waals surface area (Å²) in [5, 5.41) is 41.0. The van der Waals surface area contributed by atoms with Gasteiger partial charge < -0.3 is 26.0 Å². The number of Topliss-reactive ketones (excluding diaryl/α,β-unsaturated/α-hetero) is 1. The first-order chi connectivity index (χ1) is 15.5. The van der Waals surface area contributed by atoms with Gasteiger partial charge in [0.15, 0.2) is 11.4 Å². The van der Waals surface area contributed by atoms with Crippen LogP contribution in [0.15, 0.2) is 23.5 Å². The number of anilines is 1. The SMILES string of the molecule is CN(C)c1ccc(O)c2c1C[C@@H]1C[C@@H]3[C@@H](N(C)C)C(=O)C(C(N)=O)=C(O)[C@]3(O)c3[nH]nc-2c31. The number of nitrogens with two attached hydrogens (primary N) is 1. The highest BCUT2D eigenvalue weighted by atomic mass is 16.3. The van der Waals surface area contributed by atoms with Gasteiger partial charge >= 0.3 is 0 Å². The molecule has 10 nitrogen and oxygen atoms in total. The molecule has 0 unspecified atom stereocenters. The van der Waals surface area contributed by atoms with E-state index in [9.17, 15) is 24.9 Å². The predicted octanol–water partition coefficient (Wildman–Crippen LogP) is 0.506. The molecular formula is C23H27N5O5. The van der Waals surface area contributed by atoms with E-state index in [1.54, 1.807) is 25.1 Å². The van der Waals surface area contributed by atoms with Crippen molar-refractivity contribution in [3.05, 3.63) is 40.3 Å². The molecule has 0 bridgehead atoms. The summed E-state index contributed by atoms with van der Waals surface area (Å²) >= 11 is 0. The van der Waals surface area contributed by atoms with Gasteiger partial charge in [-0.25, -0.2) is 0 Å². The zero-order valence-electron chi connectivity index (χ0n) is 18.9. The maximum atomic E-state index is 13.2. The predicted molar refractivity (Wildman–Crippen MR) is 120 cm³/mol. The van der Waals surface area contributed by atoms with Crippen molar-refractivity contribution in [2.75, 3.05) is 33.1 Å². The van der Waals surface area contributed by atoms with Crippen LogP contribution in [0.1, 0.15) is 29.2 Å². The number of benzene rings is 1. The van der Waals surface area contributed by atoms with Crippen molar-refractivity contribution in [1.29, 1.82) is 0 Å². The number of primary amides is 1. The van der Waals surface area contributed by atoms with Crippen LogP contribution in [0.4, 0.5) is 5.69 Å². The number of hydrogen-bond acceptors (Lipinski definition) is 8. The van der Waals surface area contributed by atoms with Crippen molar-refractivity contribution in [2.45, 2.75) is 30.4 Å². The third-order valence-corrected chi connectivity index (χ3v) is 7.40. The number of aliphatic hydroxyl groups is 2. The van der Waals surface area contributed by atoms with Crippen molar-refractivity contribution in [1.82, 2.24) is 15.1 Å². The van der Waals surface area contributed by atoms with Crippen LogP contribution in [0.2, 0.25) is 0 Å². The van der Waals surface area contributed by atoms with E-state index in [1.807, 2.05) is 25.1 Å². The molecule has 5 rings (SSSR count). The van der Waals surface area contributed by atoms with Gasteiger partial charge in [-0.1, -0.05) is 0 Å². The van der Waals surface area contributed by atoms with Gasteiger partial charge in [0.1, 0.15) is 17.1 Å². The van der Waals surface area contributed by atoms with Gasteiger partial charge in [0.2, 0.25) is 0 Å². The topological polar surface area (TPSA) is 156 Å². The van der Waals surface area contributed by atoms with E-state index in [0.29, 0.717) is 29.7 Å². The van der Waals surface area contributed by atoms with Gasteiger partial charge in [0.05, 0.1) is 17.4 Å². The lowest BCUT2D eigenvalue weighted by atomic mass is 9.59. The number of carbonyl (C=O) groups is 2. The molecule has 0 saturated heterocycles. The number of aromatic amines is 1. The molecule has 6 N–H and O–H groups in total. The number of hydrogen-bond donors (Lipinski definition) is 5. The minimum atomic E-state index is -2.05. The molecular weight excluding hydrogens is 426 g/mol. The lowest BCUT2D eigenvalue weighted by Crippen LogP contribution is -2.60. The Morgan fingerprint density at radius 2 is 1.94 bits per heavy atom. The Hall–Kier alpha value is -3.37. The number of nitrogens with one attached hydrogen (secondary N) is 1. The largest absolute Gasteiger partial charge is 0.508 e. The number of H-pyrrole nitrogens is 1. The Morgan fingerprint density at radius 1 is 1.24 bits per heavy atom. The maximum Gasteiger partial charge on any atom is 0.255 e. The fourth-order valence-electron chi connectivity index (χ4n) is 6.08. The van der Waals surface area contributed by atoms with E-state index in [0.717, 1.165) is 11.3 Å². The normalized spacial score (nSPS) is 27.8. The number of carbonyl (C=O) groups excluding carboxylic acids is 2. The number of fused-ring (bicyclic) bond motifs is 4. The first-order valence-electron chi connectivity index (χ1n) is 10.8. The Bertz CT molecular complexity index is 1250. The van der Waals surface area contributed by atoms with Gasteiger partial charge in [0, 0.05) is 36.8 Å². The number of nitrogens with zero attached hydrogens (tertiary/aromatic N) is 3. The number of phenols is 1. The van der Waals surface area contributed by atoms with E-state index in [-0.39, 0.29) is 17.4 Å². The molecule has 1 heterocycles. The zero-order valence-corrected chi connectivity index (χ0v) is 18.9. The van der Waals surface area contributed by atoms with Crippen molar-refractivity contribution < 1.29 is 24.9 Å². The standard InChI is InChI=1S/C23H27N5O5/c1-27(2)12-5-6-13(29)15-10(12)7-9-8-11-18(28(3)4)19(30)16(22(24)32)21(31)23(11,33)20-14(9)17(15)25-26-20/h5-6,9,11,18,29,31,33H,7-8H2,1-4H3,(H2,24,32)(H,25,26)/t9-,11-,18-,23-/m1/s1. The van der Waals surface area contributed by atoms with Crippen LogP contribution < -0.4 is 10.6 Å². The number of rotatable bonds is 3. The number of ketones is 1. The number of aromatic hydroxyl groups is 1. The molecule has 1 aromatic heterocycles. The van der Waals surface area contributed by atoms with Gasteiger partial charge in [-0.05, 0) is 50.6 Å². The Morgan fingerprint density at radius 3 is 2.55 bits per heavy atom. The molecule has 10 heteroatoms. The molecule has 0 fully saturated rings. The van der Waals surface area contributed by atoms with E-state index >= 15 is 0 Å². The summed E-state index contributed by atoms with van der Waals surface area (Å²) < 4.78 is 0. The summed E-state index contributed by atoms with van der Waals surface area (Å²) in [7, 11) is 7.23.